The number of nitrogens with zero attached hydrogens (tertiary/aromatic N) is 4. The molecule has 1 amide bonds. The third kappa shape index (κ3) is 5.82. The van der Waals surface area contributed by atoms with Gasteiger partial charge in [-0.2, -0.15) is 0 Å². The molecular weight excluding hydrogens is 280 g/mol. The number of amides is 1. The Morgan fingerprint density at radius 2 is 2.00 bits per heavy atom. The molecule has 0 atom stereocenters. The third-order valence-corrected chi connectivity index (χ3v) is 2.49. The van der Waals surface area contributed by atoms with Crippen molar-refractivity contribution < 1.29 is 9.53 Å². The van der Waals surface area contributed by atoms with Crippen LogP contribution in [-0.4, -0.2) is 23.3 Å². The van der Waals surface area contributed by atoms with Crippen LogP contribution in [0.1, 0.15) is 26.3 Å². The third-order valence-electron chi connectivity index (χ3n) is 2.24. The molecule has 0 aliphatic rings. The molecule has 0 saturated heterocycles. The van der Waals surface area contributed by atoms with Crippen molar-refractivity contribution in [2.24, 2.45) is 5.11 Å². The Bertz CT molecular complexity index is 504. The van der Waals surface area contributed by atoms with Crippen LogP contribution in [0.4, 0.5) is 4.79 Å². The van der Waals surface area contributed by atoms with Crippen molar-refractivity contribution in [3.05, 3.63) is 45.3 Å². The van der Waals surface area contributed by atoms with E-state index in [1.807, 2.05) is 0 Å². The summed E-state index contributed by atoms with van der Waals surface area (Å²) in [4.78, 5) is 16.0. The van der Waals surface area contributed by atoms with E-state index in [0.29, 0.717) is 5.02 Å². The molecule has 1 aromatic carbocycles. The Morgan fingerprint density at radius 3 is 2.50 bits per heavy atom. The second kappa shape index (κ2) is 7.03. The highest BCUT2D eigenvalue weighted by Gasteiger charge is 2.21. The van der Waals surface area contributed by atoms with Gasteiger partial charge in [-0.05, 0) is 44.0 Å². The first-order valence-electron chi connectivity index (χ1n) is 6.05. The molecule has 20 heavy (non-hydrogen) atoms. The lowest BCUT2D eigenvalue weighted by atomic mass is 10.2. The van der Waals surface area contributed by atoms with Crippen molar-refractivity contribution in [2.45, 2.75) is 32.9 Å². The first-order chi connectivity index (χ1) is 9.31. The highest BCUT2D eigenvalue weighted by Crippen LogP contribution is 2.15. The Labute approximate surface area is 122 Å². The van der Waals surface area contributed by atoms with E-state index in [1.54, 1.807) is 45.0 Å². The molecule has 0 aromatic heterocycles. The van der Waals surface area contributed by atoms with Gasteiger partial charge in [-0.25, -0.2) is 4.79 Å². The van der Waals surface area contributed by atoms with Gasteiger partial charge in [0.1, 0.15) is 12.3 Å². The van der Waals surface area contributed by atoms with Gasteiger partial charge in [-0.3, -0.25) is 4.90 Å². The molecule has 1 aromatic rings. The second-order valence-electron chi connectivity index (χ2n) is 5.18. The molecule has 0 saturated carbocycles. The SMILES string of the molecule is CC(C)(C)OC(=O)N(CN=[N+]=[N-])Cc1ccc(Cl)cc1. The van der Waals surface area contributed by atoms with Gasteiger partial charge in [0, 0.05) is 16.5 Å². The second-order valence-corrected chi connectivity index (χ2v) is 5.61. The van der Waals surface area contributed by atoms with E-state index in [2.05, 4.69) is 10.0 Å². The number of hydrogen-bond donors (Lipinski definition) is 0. The number of halogens is 1. The van der Waals surface area contributed by atoms with E-state index < -0.39 is 11.7 Å². The van der Waals surface area contributed by atoms with E-state index in [-0.39, 0.29) is 13.2 Å². The number of hydrogen-bond acceptors (Lipinski definition) is 3. The van der Waals surface area contributed by atoms with E-state index in [1.165, 1.54) is 4.90 Å². The highest BCUT2D eigenvalue weighted by atomic mass is 35.5. The van der Waals surface area contributed by atoms with Gasteiger partial charge in [-0.1, -0.05) is 28.8 Å². The van der Waals surface area contributed by atoms with Gasteiger partial charge in [-0.15, -0.1) is 0 Å². The molecule has 0 unspecified atom stereocenters. The summed E-state index contributed by atoms with van der Waals surface area (Å²) in [5.41, 5.74) is 8.66. The first-order valence-corrected chi connectivity index (χ1v) is 6.43. The predicted octanol–water partition coefficient (Wildman–Crippen LogP) is 4.34. The van der Waals surface area contributed by atoms with Crippen LogP contribution in [0.25, 0.3) is 10.4 Å². The average molecular weight is 297 g/mol. The maximum absolute atomic E-state index is 12.0. The summed E-state index contributed by atoms with van der Waals surface area (Å²) in [5.74, 6) is 0. The van der Waals surface area contributed by atoms with Crippen molar-refractivity contribution in [1.82, 2.24) is 4.90 Å². The van der Waals surface area contributed by atoms with Gasteiger partial charge in [0.2, 0.25) is 0 Å². The predicted molar refractivity (Wildman–Crippen MR) is 77.2 cm³/mol. The zero-order valence-corrected chi connectivity index (χ0v) is 12.5. The molecule has 0 N–H and O–H groups in total. The van der Waals surface area contributed by atoms with E-state index >= 15 is 0 Å². The van der Waals surface area contributed by atoms with Crippen LogP contribution in [0, 0.1) is 0 Å². The minimum absolute atomic E-state index is 0.0892. The Balaban J connectivity index is 2.80. The molecule has 0 bridgehead atoms. The molecule has 1 rings (SSSR count). The summed E-state index contributed by atoms with van der Waals surface area (Å²) in [7, 11) is 0. The zero-order chi connectivity index (χ0) is 15.2. The molecule has 0 aliphatic carbocycles. The fourth-order valence-electron chi connectivity index (χ4n) is 1.41. The number of ether oxygens (including phenoxy) is 1. The van der Waals surface area contributed by atoms with E-state index in [0.717, 1.165) is 5.56 Å². The summed E-state index contributed by atoms with van der Waals surface area (Å²) in [6.45, 7) is 5.52. The Kier molecular flexibility index (Phi) is 5.67. The minimum Gasteiger partial charge on any atom is -0.444 e. The van der Waals surface area contributed by atoms with Crippen LogP contribution >= 0.6 is 11.6 Å². The largest absolute Gasteiger partial charge is 0.444 e. The fraction of sp³-hybridized carbons (Fsp3) is 0.462. The van der Waals surface area contributed by atoms with Crippen molar-refractivity contribution >= 4 is 17.7 Å². The molecule has 0 aliphatic heterocycles. The smallest absolute Gasteiger partial charge is 0.410 e. The van der Waals surface area contributed by atoms with Crippen molar-refractivity contribution in [2.75, 3.05) is 6.67 Å². The minimum atomic E-state index is -0.605. The van der Waals surface area contributed by atoms with Gasteiger partial charge in [0.25, 0.3) is 0 Å². The normalized spacial score (nSPS) is 10.6. The Hall–Kier alpha value is -1.91. The highest BCUT2D eigenvalue weighted by molar-refractivity contribution is 6.30. The fourth-order valence-corrected chi connectivity index (χ4v) is 1.54. The molecule has 7 heteroatoms. The summed E-state index contributed by atoms with van der Waals surface area (Å²) >= 11 is 5.81. The lowest BCUT2D eigenvalue weighted by Gasteiger charge is -2.26. The summed E-state index contributed by atoms with van der Waals surface area (Å²) < 4.78 is 5.27. The molecular formula is C13H17ClN4O2. The number of benzene rings is 1. The van der Waals surface area contributed by atoms with Gasteiger partial charge in [0.15, 0.2) is 0 Å². The van der Waals surface area contributed by atoms with Crippen molar-refractivity contribution in [3.63, 3.8) is 0 Å². The van der Waals surface area contributed by atoms with Crippen molar-refractivity contribution in [3.8, 4) is 0 Å². The lowest BCUT2D eigenvalue weighted by molar-refractivity contribution is 0.0239. The first kappa shape index (κ1) is 16.1. The van der Waals surface area contributed by atoms with E-state index in [9.17, 15) is 4.79 Å². The maximum atomic E-state index is 12.0. The van der Waals surface area contributed by atoms with Gasteiger partial charge < -0.3 is 4.74 Å². The molecule has 0 heterocycles. The van der Waals surface area contributed by atoms with Gasteiger partial charge >= 0.3 is 6.09 Å². The standard InChI is InChI=1S/C13H17ClN4O2/c1-13(2,3)20-12(19)18(9-16-17-15)8-10-4-6-11(14)7-5-10/h4-7H,8-9H2,1-3H3. The number of carbonyl (C=O) groups is 1. The summed E-state index contributed by atoms with van der Waals surface area (Å²) in [6.07, 6.45) is -0.528. The van der Waals surface area contributed by atoms with Crippen LogP contribution in [0.2, 0.25) is 5.02 Å². The molecule has 108 valence electrons. The van der Waals surface area contributed by atoms with Crippen LogP contribution in [0.5, 0.6) is 0 Å². The number of rotatable bonds is 4. The Morgan fingerprint density at radius 1 is 1.40 bits per heavy atom. The van der Waals surface area contributed by atoms with Crippen LogP contribution < -0.4 is 0 Å². The van der Waals surface area contributed by atoms with Crippen LogP contribution in [-0.2, 0) is 11.3 Å². The van der Waals surface area contributed by atoms with E-state index in [4.69, 9.17) is 21.9 Å². The quantitative estimate of drug-likeness (QED) is 0.470. The topological polar surface area (TPSA) is 78.3 Å². The molecule has 0 radical (unpaired) electrons. The molecule has 0 fully saturated rings. The average Bonchev–Trinajstić information content (AvgIpc) is 2.34. The monoisotopic (exact) mass is 296 g/mol. The van der Waals surface area contributed by atoms with Crippen molar-refractivity contribution in [1.29, 1.82) is 0 Å². The van der Waals surface area contributed by atoms with Crippen LogP contribution in [0.15, 0.2) is 29.4 Å². The van der Waals surface area contributed by atoms with Crippen LogP contribution in [0.3, 0.4) is 0 Å². The molecule has 0 spiro atoms. The van der Waals surface area contributed by atoms with Gasteiger partial charge in [0.05, 0.1) is 0 Å². The zero-order valence-electron chi connectivity index (χ0n) is 11.7. The maximum Gasteiger partial charge on any atom is 0.410 e. The summed E-state index contributed by atoms with van der Waals surface area (Å²) in [5, 5.41) is 4.03. The molecule has 6 nitrogen and oxygen atoms in total. The summed E-state index contributed by atoms with van der Waals surface area (Å²) in [6, 6.07) is 7.07. The number of azide groups is 1. The number of carbonyl (C=O) groups excluding carboxylic acids is 1. The lowest BCUT2D eigenvalue weighted by Crippen LogP contribution is -2.36.